The maximum atomic E-state index is 14.7. The highest BCUT2D eigenvalue weighted by atomic mass is 32.1. The summed E-state index contributed by atoms with van der Waals surface area (Å²) in [6, 6.07) is 30.9. The number of thiol groups is 1. The van der Waals surface area contributed by atoms with Crippen molar-refractivity contribution in [1.82, 2.24) is 0 Å². The zero-order valence-electron chi connectivity index (χ0n) is 26.7. The second-order valence-electron chi connectivity index (χ2n) is 11.7. The van der Waals surface area contributed by atoms with Crippen LogP contribution in [0.1, 0.15) is 46.7 Å². The number of ether oxygens (including phenoxy) is 5. The normalized spacial score (nSPS) is 22.9. The summed E-state index contributed by atoms with van der Waals surface area (Å²) in [4.78, 5) is 0. The molecule has 46 heavy (non-hydrogen) atoms. The van der Waals surface area contributed by atoms with Crippen LogP contribution in [-0.4, -0.2) is 49.0 Å². The SMILES string of the molecule is CCOc1ccc(Cc2cc([C@]3(OC)O[C@@](CO)(CS)[C@@H](OCc4ccccc4)C[C@H]3OCc3ccccc3)ccc2C)cc1F. The first kappa shape index (κ1) is 34.1. The molecule has 0 unspecified atom stereocenters. The fourth-order valence-corrected chi connectivity index (χ4v) is 6.39. The van der Waals surface area contributed by atoms with E-state index in [0.29, 0.717) is 32.7 Å². The minimum Gasteiger partial charge on any atom is -0.491 e. The van der Waals surface area contributed by atoms with E-state index < -0.39 is 29.4 Å². The lowest BCUT2D eigenvalue weighted by atomic mass is 9.82. The van der Waals surface area contributed by atoms with Crippen molar-refractivity contribution in [3.63, 3.8) is 0 Å². The summed E-state index contributed by atoms with van der Waals surface area (Å²) in [6.07, 6.45) is -0.298. The Morgan fingerprint density at radius 1 is 0.870 bits per heavy atom. The van der Waals surface area contributed by atoms with Crippen molar-refractivity contribution in [2.75, 3.05) is 26.1 Å². The van der Waals surface area contributed by atoms with Crippen LogP contribution in [0.5, 0.6) is 5.75 Å². The van der Waals surface area contributed by atoms with E-state index in [9.17, 15) is 9.50 Å². The standard InChI is InChI=1S/C38H43FO6S/c1-4-42-34-18-16-30(20-33(34)39)19-31-21-32(17-15-27(31)2)38(41-3)36(44-24-29-13-9-6-10-14-29)22-35(37(25-40,26-46)45-38)43-23-28-11-7-5-8-12-28/h5-18,20-21,35-36,40,46H,4,19,22-26H2,1-3H3/t35-,36+,37-,38-/m0/s1. The van der Waals surface area contributed by atoms with Gasteiger partial charge in [-0.3, -0.25) is 0 Å². The Balaban J connectivity index is 1.51. The van der Waals surface area contributed by atoms with E-state index in [-0.39, 0.29) is 18.1 Å². The third kappa shape index (κ3) is 7.49. The predicted molar refractivity (Wildman–Crippen MR) is 180 cm³/mol. The Bertz CT molecular complexity index is 1550. The molecule has 4 aromatic rings. The van der Waals surface area contributed by atoms with E-state index in [0.717, 1.165) is 33.4 Å². The van der Waals surface area contributed by atoms with Crippen LogP contribution in [-0.2, 0) is 44.4 Å². The van der Waals surface area contributed by atoms with Crippen LogP contribution in [0.15, 0.2) is 97.1 Å². The molecular formula is C38H43FO6S. The maximum Gasteiger partial charge on any atom is 0.222 e. The third-order valence-corrected chi connectivity index (χ3v) is 9.20. The zero-order valence-corrected chi connectivity index (χ0v) is 27.6. The van der Waals surface area contributed by atoms with Gasteiger partial charge in [0.05, 0.1) is 32.5 Å². The molecule has 4 atom stereocenters. The number of aryl methyl sites for hydroxylation is 1. The van der Waals surface area contributed by atoms with Crippen LogP contribution in [0.25, 0.3) is 0 Å². The van der Waals surface area contributed by atoms with Crippen LogP contribution in [0, 0.1) is 12.7 Å². The first-order chi connectivity index (χ1) is 22.4. The van der Waals surface area contributed by atoms with Gasteiger partial charge in [-0.1, -0.05) is 78.9 Å². The second kappa shape index (κ2) is 15.6. The number of rotatable bonds is 14. The summed E-state index contributed by atoms with van der Waals surface area (Å²) in [5, 5.41) is 10.9. The molecule has 5 rings (SSSR count). The highest BCUT2D eigenvalue weighted by Crippen LogP contribution is 2.47. The summed E-state index contributed by atoms with van der Waals surface area (Å²) in [7, 11) is 1.59. The molecule has 1 fully saturated rings. The Hall–Kier alpha value is -3.24. The molecule has 0 aromatic heterocycles. The second-order valence-corrected chi connectivity index (χ2v) is 12.0. The monoisotopic (exact) mass is 646 g/mol. The van der Waals surface area contributed by atoms with Crippen molar-refractivity contribution < 1.29 is 33.2 Å². The molecule has 244 valence electrons. The summed E-state index contributed by atoms with van der Waals surface area (Å²) in [6.45, 7) is 4.56. The van der Waals surface area contributed by atoms with Crippen LogP contribution < -0.4 is 4.74 Å². The lowest BCUT2D eigenvalue weighted by Gasteiger charge is -2.53. The van der Waals surface area contributed by atoms with Gasteiger partial charge >= 0.3 is 0 Å². The topological polar surface area (TPSA) is 66.4 Å². The fraction of sp³-hybridized carbons (Fsp3) is 0.368. The van der Waals surface area contributed by atoms with Gasteiger partial charge in [0.15, 0.2) is 11.6 Å². The zero-order chi connectivity index (χ0) is 32.6. The van der Waals surface area contributed by atoms with Crippen LogP contribution in [0.2, 0.25) is 0 Å². The van der Waals surface area contributed by atoms with Crippen LogP contribution >= 0.6 is 12.6 Å². The van der Waals surface area contributed by atoms with E-state index in [1.807, 2.05) is 98.8 Å². The Morgan fingerprint density at radius 2 is 1.52 bits per heavy atom. The van der Waals surface area contributed by atoms with Gasteiger partial charge in [0, 0.05) is 24.8 Å². The summed E-state index contributed by atoms with van der Waals surface area (Å²) < 4.78 is 46.5. The summed E-state index contributed by atoms with van der Waals surface area (Å²) in [5.41, 5.74) is 4.37. The van der Waals surface area contributed by atoms with E-state index >= 15 is 0 Å². The van der Waals surface area contributed by atoms with Gasteiger partial charge in [0.25, 0.3) is 0 Å². The van der Waals surface area contributed by atoms with E-state index in [1.165, 1.54) is 6.07 Å². The molecule has 1 N–H and O–H groups in total. The predicted octanol–water partition coefficient (Wildman–Crippen LogP) is 7.17. The highest BCUT2D eigenvalue weighted by molar-refractivity contribution is 7.80. The number of hydrogen-bond donors (Lipinski definition) is 2. The van der Waals surface area contributed by atoms with E-state index in [4.69, 9.17) is 23.7 Å². The molecule has 6 nitrogen and oxygen atoms in total. The average molecular weight is 647 g/mol. The Kier molecular flexibility index (Phi) is 11.5. The molecule has 0 spiro atoms. The molecule has 0 bridgehead atoms. The van der Waals surface area contributed by atoms with Gasteiger partial charge in [-0.15, -0.1) is 0 Å². The van der Waals surface area contributed by atoms with Crippen molar-refractivity contribution in [1.29, 1.82) is 0 Å². The molecule has 1 aliphatic heterocycles. The maximum absolute atomic E-state index is 14.7. The number of aliphatic hydroxyl groups excluding tert-OH is 1. The fourth-order valence-electron chi connectivity index (χ4n) is 6.02. The molecule has 0 saturated carbocycles. The molecular weight excluding hydrogens is 603 g/mol. The van der Waals surface area contributed by atoms with Crippen molar-refractivity contribution >= 4 is 12.6 Å². The molecule has 1 saturated heterocycles. The van der Waals surface area contributed by atoms with Crippen molar-refractivity contribution in [3.05, 3.63) is 136 Å². The molecule has 8 heteroatoms. The summed E-state index contributed by atoms with van der Waals surface area (Å²) >= 11 is 4.67. The van der Waals surface area contributed by atoms with Crippen molar-refractivity contribution in [2.24, 2.45) is 0 Å². The lowest BCUT2D eigenvalue weighted by Crippen LogP contribution is -2.65. The number of methoxy groups -OCH3 is 1. The molecule has 4 aromatic carbocycles. The number of benzene rings is 4. The van der Waals surface area contributed by atoms with Crippen LogP contribution in [0.4, 0.5) is 4.39 Å². The van der Waals surface area contributed by atoms with Crippen LogP contribution in [0.3, 0.4) is 0 Å². The molecule has 1 heterocycles. The van der Waals surface area contributed by atoms with Gasteiger partial charge in [-0.25, -0.2) is 4.39 Å². The smallest absolute Gasteiger partial charge is 0.222 e. The lowest BCUT2D eigenvalue weighted by molar-refractivity contribution is -0.382. The molecule has 1 aliphatic rings. The Labute approximate surface area is 276 Å². The van der Waals surface area contributed by atoms with Gasteiger partial charge in [0.2, 0.25) is 5.79 Å². The highest BCUT2D eigenvalue weighted by Gasteiger charge is 2.58. The van der Waals surface area contributed by atoms with Gasteiger partial charge < -0.3 is 28.8 Å². The first-order valence-electron chi connectivity index (χ1n) is 15.7. The summed E-state index contributed by atoms with van der Waals surface area (Å²) in [5.74, 6) is -1.38. The molecule has 0 amide bonds. The number of aliphatic hydroxyl groups is 1. The quantitative estimate of drug-likeness (QED) is 0.142. The third-order valence-electron chi connectivity index (χ3n) is 8.66. The minimum atomic E-state index is -1.40. The molecule has 0 aliphatic carbocycles. The number of halogens is 1. The van der Waals surface area contributed by atoms with Gasteiger partial charge in [-0.2, -0.15) is 12.6 Å². The van der Waals surface area contributed by atoms with Gasteiger partial charge in [-0.05, 0) is 66.3 Å². The van der Waals surface area contributed by atoms with E-state index in [1.54, 1.807) is 13.2 Å². The van der Waals surface area contributed by atoms with Gasteiger partial charge in [0.1, 0.15) is 11.7 Å². The van der Waals surface area contributed by atoms with E-state index in [2.05, 4.69) is 12.6 Å². The first-order valence-corrected chi connectivity index (χ1v) is 16.3. The van der Waals surface area contributed by atoms with Crippen molar-refractivity contribution in [2.45, 2.75) is 63.5 Å². The Morgan fingerprint density at radius 3 is 2.09 bits per heavy atom. The van der Waals surface area contributed by atoms with Crippen molar-refractivity contribution in [3.8, 4) is 5.75 Å². The number of hydrogen-bond acceptors (Lipinski definition) is 7. The minimum absolute atomic E-state index is 0.184. The largest absolute Gasteiger partial charge is 0.491 e. The molecule has 0 radical (unpaired) electrons. The average Bonchev–Trinajstić information content (AvgIpc) is 3.09.